The van der Waals surface area contributed by atoms with Crippen molar-refractivity contribution in [3.63, 3.8) is 0 Å². The first-order valence-electron chi connectivity index (χ1n) is 12.4. The fourth-order valence-electron chi connectivity index (χ4n) is 4.88. The Balaban J connectivity index is 1.34. The van der Waals surface area contributed by atoms with Crippen LogP contribution in [0.4, 0.5) is 13.2 Å². The van der Waals surface area contributed by atoms with Crippen LogP contribution in [-0.4, -0.2) is 57.8 Å². The lowest BCUT2D eigenvalue weighted by Gasteiger charge is -2.16. The first kappa shape index (κ1) is 29.5. The van der Waals surface area contributed by atoms with E-state index in [1.54, 1.807) is 18.2 Å². The molecule has 0 saturated carbocycles. The van der Waals surface area contributed by atoms with Gasteiger partial charge in [0.15, 0.2) is 0 Å². The van der Waals surface area contributed by atoms with Gasteiger partial charge in [0.05, 0.1) is 16.8 Å². The predicted octanol–water partition coefficient (Wildman–Crippen LogP) is 5.02. The summed E-state index contributed by atoms with van der Waals surface area (Å²) < 4.78 is 44.3. The number of imidazole rings is 1. The van der Waals surface area contributed by atoms with E-state index in [4.69, 9.17) is 34.8 Å². The molecule has 1 atom stereocenters. The van der Waals surface area contributed by atoms with E-state index >= 15 is 0 Å². The molecule has 18 heteroatoms. The lowest BCUT2D eigenvalue weighted by Crippen LogP contribution is -2.28. The Kier molecular flexibility index (Phi) is 7.47. The van der Waals surface area contributed by atoms with E-state index < -0.39 is 29.9 Å². The van der Waals surface area contributed by atoms with Crippen molar-refractivity contribution in [2.45, 2.75) is 25.1 Å². The molecule has 0 spiro atoms. The summed E-state index contributed by atoms with van der Waals surface area (Å²) in [5, 5.41) is 12.0. The molecule has 0 radical (unpaired) electrons. The van der Waals surface area contributed by atoms with Gasteiger partial charge in [0.1, 0.15) is 28.7 Å². The van der Waals surface area contributed by atoms with Crippen LogP contribution in [0, 0.1) is 0 Å². The van der Waals surface area contributed by atoms with Gasteiger partial charge in [0, 0.05) is 39.7 Å². The van der Waals surface area contributed by atoms with Gasteiger partial charge in [-0.1, -0.05) is 34.8 Å². The summed E-state index contributed by atoms with van der Waals surface area (Å²) in [6, 6.07) is 8.24. The number of aromatic amines is 1. The Morgan fingerprint density at radius 1 is 1.07 bits per heavy atom. The molecule has 1 N–H and O–H groups in total. The van der Waals surface area contributed by atoms with Crippen LogP contribution in [0.25, 0.3) is 28.1 Å². The molecule has 5 aromatic rings. The molecule has 12 nitrogen and oxygen atoms in total. The van der Waals surface area contributed by atoms with Crippen LogP contribution in [0.1, 0.15) is 34.5 Å². The monoisotopic (exact) mass is 664 g/mol. The summed E-state index contributed by atoms with van der Waals surface area (Å²) >= 11 is 19.6. The molecule has 4 aromatic heterocycles. The van der Waals surface area contributed by atoms with Gasteiger partial charge in [-0.2, -0.15) is 17.9 Å². The van der Waals surface area contributed by atoms with Gasteiger partial charge >= 0.3 is 18.1 Å². The lowest BCUT2D eigenvalue weighted by atomic mass is 10.0. The molecule has 44 heavy (non-hydrogen) atoms. The second-order valence-corrected chi connectivity index (χ2v) is 10.6. The number of pyridine rings is 2. The second kappa shape index (κ2) is 11.2. The van der Waals surface area contributed by atoms with E-state index in [0.717, 1.165) is 12.3 Å². The molecule has 1 aliphatic rings. The Bertz CT molecular complexity index is 2010. The van der Waals surface area contributed by atoms with Gasteiger partial charge in [-0.3, -0.25) is 4.79 Å². The number of fused-ring (bicyclic) bond motifs is 1. The summed E-state index contributed by atoms with van der Waals surface area (Å²) in [5.74, 6) is -3.99. The van der Waals surface area contributed by atoms with E-state index in [1.807, 2.05) is 0 Å². The summed E-state index contributed by atoms with van der Waals surface area (Å²) in [6.45, 7) is 0. The van der Waals surface area contributed by atoms with Crippen molar-refractivity contribution in [1.82, 2.24) is 39.7 Å². The highest BCUT2D eigenvalue weighted by Gasteiger charge is 2.43. The summed E-state index contributed by atoms with van der Waals surface area (Å²) in [6.07, 6.45) is -2.03. The Morgan fingerprint density at radius 3 is 2.59 bits per heavy atom. The number of halogens is 6. The highest BCUT2D eigenvalue weighted by atomic mass is 35.5. The highest BCUT2D eigenvalue weighted by Crippen LogP contribution is 2.40. The van der Waals surface area contributed by atoms with Crippen molar-refractivity contribution in [2.75, 3.05) is 0 Å². The number of H-pyrrole nitrogens is 1. The number of nitrogens with one attached hydrogen (secondary N) is 1. The topological polar surface area (TPSA) is 151 Å². The molecule has 224 valence electrons. The fourth-order valence-corrected chi connectivity index (χ4v) is 5.64. The Labute approximate surface area is 258 Å². The van der Waals surface area contributed by atoms with Gasteiger partial charge in [0.2, 0.25) is 0 Å². The van der Waals surface area contributed by atoms with Crippen LogP contribution >= 0.6 is 34.8 Å². The minimum atomic E-state index is -5.36. The molecule has 1 aromatic carbocycles. The number of carbonyl (C=O) groups is 2. The average molecular weight is 666 g/mol. The number of tetrazole rings is 1. The van der Waals surface area contributed by atoms with E-state index in [1.165, 1.54) is 27.7 Å². The predicted molar refractivity (Wildman–Crippen MR) is 149 cm³/mol. The van der Waals surface area contributed by atoms with Crippen LogP contribution < -0.4 is 5.56 Å². The molecule has 0 bridgehead atoms. The number of aromatic nitrogens is 8. The molecular formula is C26H14Cl3F3N8O4. The maximum atomic E-state index is 13.5. The number of esters is 2. The first-order valence-corrected chi connectivity index (χ1v) is 13.6. The molecule has 0 saturated heterocycles. The molecule has 1 aliphatic heterocycles. The third-order valence-electron chi connectivity index (χ3n) is 6.75. The highest BCUT2D eigenvalue weighted by molar-refractivity contribution is 6.34. The van der Waals surface area contributed by atoms with Crippen molar-refractivity contribution < 1.29 is 27.5 Å². The standard InChI is InChI=1S/C26H14Cl3F3N8O4/c27-12-1-2-16(39-10-34-37-38-39)13(8-12)14-9-19(41)40-17(20(14)28)3-4-18(40)23-35-21(22(29)36-23)11-5-6-33-15(7-11)24(42)44-25(43)26(30,31)32/h1-2,5-10,18H,3-4H2,(H,35,36)/t18-/m0/s1. The number of ether oxygens (including phenoxy) is 1. The molecule has 0 unspecified atom stereocenters. The average Bonchev–Trinajstić information content (AvgIpc) is 3.75. The number of nitrogens with zero attached hydrogens (tertiary/aromatic N) is 7. The van der Waals surface area contributed by atoms with Crippen molar-refractivity contribution in [2.24, 2.45) is 0 Å². The second-order valence-electron chi connectivity index (χ2n) is 9.39. The Morgan fingerprint density at radius 2 is 1.86 bits per heavy atom. The summed E-state index contributed by atoms with van der Waals surface area (Å²) in [4.78, 5) is 47.8. The smallest absolute Gasteiger partial charge is 0.381 e. The third kappa shape index (κ3) is 5.33. The minimum Gasteiger partial charge on any atom is -0.381 e. The van der Waals surface area contributed by atoms with Crippen LogP contribution in [0.2, 0.25) is 15.2 Å². The van der Waals surface area contributed by atoms with Gasteiger partial charge in [-0.15, -0.1) is 5.10 Å². The van der Waals surface area contributed by atoms with Gasteiger partial charge in [0.25, 0.3) is 5.56 Å². The van der Waals surface area contributed by atoms with E-state index in [9.17, 15) is 27.6 Å². The zero-order valence-corrected chi connectivity index (χ0v) is 23.9. The van der Waals surface area contributed by atoms with E-state index in [-0.39, 0.29) is 22.0 Å². The third-order valence-corrected chi connectivity index (χ3v) is 7.68. The van der Waals surface area contributed by atoms with Crippen LogP contribution in [-0.2, 0) is 16.0 Å². The summed E-state index contributed by atoms with van der Waals surface area (Å²) in [7, 11) is 0. The minimum absolute atomic E-state index is 0.0195. The molecule has 0 amide bonds. The first-order chi connectivity index (χ1) is 20.9. The molecule has 6 rings (SSSR count). The molecule has 5 heterocycles. The quantitative estimate of drug-likeness (QED) is 0.202. The van der Waals surface area contributed by atoms with Gasteiger partial charge in [-0.25, -0.2) is 19.6 Å². The molecule has 0 fully saturated rings. The SMILES string of the molecule is O=C(OC(=O)C(F)(F)F)c1cc(-c2nc([C@@H]3CCc4c(Cl)c(-c5cc(Cl)ccc5-n5cnnn5)cc(=O)n43)[nH]c2Cl)ccn1. The molecular weight excluding hydrogens is 652 g/mol. The van der Waals surface area contributed by atoms with Crippen LogP contribution in [0.3, 0.4) is 0 Å². The maximum absolute atomic E-state index is 13.5. The zero-order chi connectivity index (χ0) is 31.3. The van der Waals surface area contributed by atoms with E-state index in [2.05, 4.69) is 35.2 Å². The molecule has 0 aliphatic carbocycles. The maximum Gasteiger partial charge on any atom is 0.491 e. The number of benzene rings is 1. The Hall–Kier alpha value is -4.60. The van der Waals surface area contributed by atoms with Crippen molar-refractivity contribution >= 4 is 46.7 Å². The lowest BCUT2D eigenvalue weighted by molar-refractivity contribution is -0.193. The normalized spacial score (nSPS) is 14.5. The number of rotatable bonds is 5. The van der Waals surface area contributed by atoms with Crippen molar-refractivity contribution in [3.05, 3.63) is 91.7 Å². The van der Waals surface area contributed by atoms with Crippen molar-refractivity contribution in [3.8, 4) is 28.1 Å². The number of carbonyl (C=O) groups excluding carboxylic acids is 2. The van der Waals surface area contributed by atoms with Crippen LogP contribution in [0.5, 0.6) is 0 Å². The van der Waals surface area contributed by atoms with Crippen LogP contribution in [0.15, 0.2) is 53.7 Å². The number of hydrogen-bond donors (Lipinski definition) is 1. The summed E-state index contributed by atoms with van der Waals surface area (Å²) in [5.41, 5.74) is 1.39. The van der Waals surface area contributed by atoms with Crippen molar-refractivity contribution in [1.29, 1.82) is 0 Å². The zero-order valence-electron chi connectivity index (χ0n) is 21.6. The number of hydrogen-bond acceptors (Lipinski definition) is 9. The van der Waals surface area contributed by atoms with Gasteiger partial charge < -0.3 is 14.3 Å². The largest absolute Gasteiger partial charge is 0.491 e. The fraction of sp³-hybridized carbons (Fsp3) is 0.154. The van der Waals surface area contributed by atoms with E-state index in [0.29, 0.717) is 51.2 Å². The number of alkyl halides is 3. The van der Waals surface area contributed by atoms with Gasteiger partial charge in [-0.05, 0) is 53.6 Å².